The summed E-state index contributed by atoms with van der Waals surface area (Å²) < 4.78 is 5.60. The van der Waals surface area contributed by atoms with Crippen molar-refractivity contribution >= 4 is 11.9 Å². The normalized spacial score (nSPS) is 13.3. The van der Waals surface area contributed by atoms with E-state index in [-0.39, 0.29) is 17.5 Å². The first kappa shape index (κ1) is 17.0. The van der Waals surface area contributed by atoms with Crippen molar-refractivity contribution in [1.82, 2.24) is 5.32 Å². The Kier molecular flexibility index (Phi) is 6.21. The van der Waals surface area contributed by atoms with Gasteiger partial charge in [-0.3, -0.25) is 4.79 Å². The van der Waals surface area contributed by atoms with E-state index in [4.69, 9.17) is 9.84 Å². The number of carboxylic acid groups (broad SMARTS) is 1. The third-order valence-electron chi connectivity index (χ3n) is 3.22. The molecule has 116 valence electrons. The minimum absolute atomic E-state index is 0.0972. The van der Waals surface area contributed by atoms with Crippen LogP contribution in [-0.4, -0.2) is 29.1 Å². The summed E-state index contributed by atoms with van der Waals surface area (Å²) in [5, 5.41) is 11.9. The van der Waals surface area contributed by atoms with Crippen LogP contribution in [0.2, 0.25) is 0 Å². The van der Waals surface area contributed by atoms with Gasteiger partial charge in [-0.2, -0.15) is 0 Å². The van der Waals surface area contributed by atoms with Crippen LogP contribution in [0.4, 0.5) is 0 Å². The second kappa shape index (κ2) is 7.67. The minimum Gasteiger partial charge on any atom is -0.481 e. The van der Waals surface area contributed by atoms with E-state index in [1.54, 1.807) is 13.0 Å². The van der Waals surface area contributed by atoms with E-state index in [0.29, 0.717) is 5.75 Å². The number of nitrogens with one attached hydrogen (secondary N) is 1. The zero-order valence-electron chi connectivity index (χ0n) is 13.0. The summed E-state index contributed by atoms with van der Waals surface area (Å²) in [5.74, 6) is -0.801. The number of ether oxygens (including phenoxy) is 1. The number of aryl methyl sites for hydroxylation is 1. The number of carboxylic acids is 1. The highest BCUT2D eigenvalue weighted by molar-refractivity contribution is 5.88. The number of hydrogen-bond donors (Lipinski definition) is 2. The number of rotatable bonds is 7. The zero-order valence-corrected chi connectivity index (χ0v) is 13.0. The molecule has 5 heteroatoms. The average Bonchev–Trinajstić information content (AvgIpc) is 2.40. The van der Waals surface area contributed by atoms with Crippen molar-refractivity contribution in [1.29, 1.82) is 0 Å². The maximum Gasteiger partial charge on any atom is 0.335 e. The van der Waals surface area contributed by atoms with E-state index in [2.05, 4.69) is 12.2 Å². The Bertz CT molecular complexity index is 513. The van der Waals surface area contributed by atoms with Crippen LogP contribution in [0.3, 0.4) is 0 Å². The molecule has 2 N–H and O–H groups in total. The molecule has 1 rings (SSSR count). The molecule has 0 aromatic heterocycles. The second-order valence-corrected chi connectivity index (χ2v) is 5.24. The number of carbonyl (C=O) groups is 2. The Morgan fingerprint density at radius 2 is 2.00 bits per heavy atom. The van der Waals surface area contributed by atoms with E-state index in [1.165, 1.54) is 12.1 Å². The Balaban J connectivity index is 2.73. The van der Waals surface area contributed by atoms with Crippen LogP contribution in [0.5, 0.6) is 5.75 Å². The van der Waals surface area contributed by atoms with Crippen LogP contribution in [0.25, 0.3) is 0 Å². The lowest BCUT2D eigenvalue weighted by Gasteiger charge is -2.19. The van der Waals surface area contributed by atoms with Crippen LogP contribution in [-0.2, 0) is 4.79 Å². The number of benzene rings is 1. The molecule has 21 heavy (non-hydrogen) atoms. The van der Waals surface area contributed by atoms with Crippen molar-refractivity contribution < 1.29 is 19.4 Å². The van der Waals surface area contributed by atoms with Crippen LogP contribution in [0, 0.1) is 6.92 Å². The van der Waals surface area contributed by atoms with Gasteiger partial charge in [0.2, 0.25) is 0 Å². The summed E-state index contributed by atoms with van der Waals surface area (Å²) in [5.41, 5.74) is 0.934. The third kappa shape index (κ3) is 5.10. The van der Waals surface area contributed by atoms with E-state index >= 15 is 0 Å². The second-order valence-electron chi connectivity index (χ2n) is 5.24. The Morgan fingerprint density at radius 1 is 1.33 bits per heavy atom. The SMILES string of the molecule is CCCC(C)NC(=O)C(C)Oc1cc(C(=O)O)ccc1C. The molecule has 2 atom stereocenters. The largest absolute Gasteiger partial charge is 0.481 e. The van der Waals surface area contributed by atoms with Crippen molar-refractivity contribution in [2.45, 2.75) is 52.7 Å². The molecule has 0 aliphatic heterocycles. The van der Waals surface area contributed by atoms with Crippen LogP contribution >= 0.6 is 0 Å². The predicted molar refractivity (Wildman–Crippen MR) is 80.7 cm³/mol. The molecule has 0 saturated carbocycles. The molecule has 0 aliphatic carbocycles. The van der Waals surface area contributed by atoms with Crippen molar-refractivity contribution in [2.75, 3.05) is 0 Å². The van der Waals surface area contributed by atoms with Gasteiger partial charge in [-0.15, -0.1) is 0 Å². The number of amides is 1. The van der Waals surface area contributed by atoms with Crippen LogP contribution in [0.1, 0.15) is 49.5 Å². The molecule has 5 nitrogen and oxygen atoms in total. The summed E-state index contributed by atoms with van der Waals surface area (Å²) in [6.07, 6.45) is 1.23. The molecule has 0 saturated heterocycles. The molecule has 0 fully saturated rings. The Hall–Kier alpha value is -2.04. The lowest BCUT2D eigenvalue weighted by atomic mass is 10.1. The van der Waals surface area contributed by atoms with Gasteiger partial charge in [0.25, 0.3) is 5.91 Å². The van der Waals surface area contributed by atoms with Crippen LogP contribution < -0.4 is 10.1 Å². The lowest BCUT2D eigenvalue weighted by Crippen LogP contribution is -2.41. The van der Waals surface area contributed by atoms with Gasteiger partial charge in [0.15, 0.2) is 6.10 Å². The standard InChI is InChI=1S/C16H23NO4/c1-5-6-11(3)17-15(18)12(4)21-14-9-13(16(19)20)8-7-10(14)2/h7-9,11-12H,5-6H2,1-4H3,(H,17,18)(H,19,20). The fourth-order valence-electron chi connectivity index (χ4n) is 1.97. The van der Waals surface area contributed by atoms with Gasteiger partial charge in [-0.05, 0) is 44.9 Å². The smallest absolute Gasteiger partial charge is 0.335 e. The van der Waals surface area contributed by atoms with Gasteiger partial charge in [0.05, 0.1) is 5.56 Å². The summed E-state index contributed by atoms with van der Waals surface area (Å²) >= 11 is 0. The molecule has 0 spiro atoms. The van der Waals surface area contributed by atoms with Gasteiger partial charge < -0.3 is 15.2 Å². The summed E-state index contributed by atoms with van der Waals surface area (Å²) in [4.78, 5) is 23.0. The third-order valence-corrected chi connectivity index (χ3v) is 3.22. The topological polar surface area (TPSA) is 75.6 Å². The Labute approximate surface area is 125 Å². The Morgan fingerprint density at radius 3 is 2.57 bits per heavy atom. The highest BCUT2D eigenvalue weighted by Crippen LogP contribution is 2.21. The quantitative estimate of drug-likeness (QED) is 0.810. The van der Waals surface area contributed by atoms with E-state index < -0.39 is 12.1 Å². The van der Waals surface area contributed by atoms with Gasteiger partial charge in [-0.25, -0.2) is 4.79 Å². The van der Waals surface area contributed by atoms with Crippen molar-refractivity contribution in [3.05, 3.63) is 29.3 Å². The first-order valence-corrected chi connectivity index (χ1v) is 7.16. The van der Waals surface area contributed by atoms with Gasteiger partial charge in [0, 0.05) is 6.04 Å². The first-order chi connectivity index (χ1) is 9.85. The fourth-order valence-corrected chi connectivity index (χ4v) is 1.97. The molecule has 0 aliphatic rings. The highest BCUT2D eigenvalue weighted by Gasteiger charge is 2.18. The molecule has 1 aromatic carbocycles. The van der Waals surface area contributed by atoms with Crippen molar-refractivity contribution in [2.24, 2.45) is 0 Å². The maximum absolute atomic E-state index is 12.0. The molecule has 0 radical (unpaired) electrons. The first-order valence-electron chi connectivity index (χ1n) is 7.16. The molecular formula is C16H23NO4. The van der Waals surface area contributed by atoms with Crippen molar-refractivity contribution in [3.8, 4) is 5.75 Å². The minimum atomic E-state index is -1.02. The lowest BCUT2D eigenvalue weighted by molar-refractivity contribution is -0.127. The molecule has 1 amide bonds. The van der Waals surface area contributed by atoms with E-state index in [1.807, 2.05) is 13.8 Å². The number of carbonyl (C=O) groups excluding carboxylic acids is 1. The summed E-state index contributed by atoms with van der Waals surface area (Å²) in [7, 11) is 0. The molecule has 0 bridgehead atoms. The molecule has 2 unspecified atom stereocenters. The van der Waals surface area contributed by atoms with E-state index in [9.17, 15) is 9.59 Å². The van der Waals surface area contributed by atoms with Gasteiger partial charge >= 0.3 is 5.97 Å². The van der Waals surface area contributed by atoms with E-state index in [0.717, 1.165) is 18.4 Å². The highest BCUT2D eigenvalue weighted by atomic mass is 16.5. The zero-order chi connectivity index (χ0) is 16.0. The van der Waals surface area contributed by atoms with Crippen LogP contribution in [0.15, 0.2) is 18.2 Å². The number of hydrogen-bond acceptors (Lipinski definition) is 3. The predicted octanol–water partition coefficient (Wildman–Crippen LogP) is 2.77. The monoisotopic (exact) mass is 293 g/mol. The average molecular weight is 293 g/mol. The fraction of sp³-hybridized carbons (Fsp3) is 0.500. The molecular weight excluding hydrogens is 270 g/mol. The number of aromatic carboxylic acids is 1. The molecule has 0 heterocycles. The summed E-state index contributed by atoms with van der Waals surface area (Å²) in [6, 6.07) is 4.72. The van der Waals surface area contributed by atoms with Crippen molar-refractivity contribution in [3.63, 3.8) is 0 Å². The maximum atomic E-state index is 12.0. The van der Waals surface area contributed by atoms with Gasteiger partial charge in [-0.1, -0.05) is 19.4 Å². The van der Waals surface area contributed by atoms with Gasteiger partial charge in [0.1, 0.15) is 5.75 Å². The summed E-state index contributed by atoms with van der Waals surface area (Å²) in [6.45, 7) is 7.47. The molecule has 1 aromatic rings.